The number of nitrogens with one attached hydrogen (secondary N) is 1. The molecule has 1 N–H and O–H groups in total. The van der Waals surface area contributed by atoms with E-state index in [1.807, 2.05) is 11.8 Å². The van der Waals surface area contributed by atoms with Crippen LogP contribution < -0.4 is 5.32 Å². The molecule has 0 aliphatic carbocycles. The Balaban J connectivity index is 0.00000320. The highest BCUT2D eigenvalue weighted by atomic mass is 127. The Morgan fingerprint density at radius 3 is 2.70 bits per heavy atom. The van der Waals surface area contributed by atoms with E-state index >= 15 is 0 Å². The first-order valence-electron chi connectivity index (χ1n) is 9.43. The van der Waals surface area contributed by atoms with Crippen molar-refractivity contribution in [1.82, 2.24) is 20.0 Å². The fourth-order valence-electron chi connectivity index (χ4n) is 3.63. The second-order valence-electron chi connectivity index (χ2n) is 7.24. The molecule has 6 nitrogen and oxygen atoms in total. The van der Waals surface area contributed by atoms with Gasteiger partial charge in [-0.3, -0.25) is 9.67 Å². The van der Waals surface area contributed by atoms with Crippen LogP contribution in [0, 0.1) is 13.8 Å². The Morgan fingerprint density at radius 1 is 1.33 bits per heavy atom. The number of aliphatic imine (C=N–C) groups is 1. The molecule has 0 saturated carbocycles. The predicted octanol–water partition coefficient (Wildman–Crippen LogP) is 3.82. The van der Waals surface area contributed by atoms with Gasteiger partial charge in [-0.15, -0.1) is 24.0 Å². The third-order valence-corrected chi connectivity index (χ3v) is 4.96. The molecule has 166 valence electrons. The number of aryl methyl sites for hydroxylation is 3. The van der Waals surface area contributed by atoms with Crippen molar-refractivity contribution < 1.29 is 17.9 Å². The van der Waals surface area contributed by atoms with Crippen molar-refractivity contribution in [3.05, 3.63) is 52.3 Å². The van der Waals surface area contributed by atoms with Crippen LogP contribution in [0.25, 0.3) is 0 Å². The summed E-state index contributed by atoms with van der Waals surface area (Å²) in [7, 11) is 3.10. The molecule has 1 atom stereocenters. The topological polar surface area (TPSA) is 54.7 Å². The summed E-state index contributed by atoms with van der Waals surface area (Å²) >= 11 is 0. The summed E-state index contributed by atoms with van der Waals surface area (Å²) in [5.41, 5.74) is 2.67. The first kappa shape index (κ1) is 24.4. The zero-order chi connectivity index (χ0) is 21.2. The van der Waals surface area contributed by atoms with Crippen LogP contribution in [0.5, 0.6) is 0 Å². The van der Waals surface area contributed by atoms with Crippen LogP contribution in [0.15, 0.2) is 29.4 Å². The van der Waals surface area contributed by atoms with E-state index in [0.29, 0.717) is 25.7 Å². The predicted molar refractivity (Wildman–Crippen MR) is 120 cm³/mol. The van der Waals surface area contributed by atoms with Gasteiger partial charge in [-0.05, 0) is 25.0 Å². The van der Waals surface area contributed by atoms with Gasteiger partial charge in [-0.2, -0.15) is 18.3 Å². The molecule has 30 heavy (non-hydrogen) atoms. The molecule has 1 saturated heterocycles. The molecule has 3 rings (SSSR count). The van der Waals surface area contributed by atoms with Gasteiger partial charge in [0, 0.05) is 38.9 Å². The van der Waals surface area contributed by atoms with Gasteiger partial charge in [0.15, 0.2) is 11.7 Å². The van der Waals surface area contributed by atoms with Gasteiger partial charge < -0.3 is 15.0 Å². The summed E-state index contributed by atoms with van der Waals surface area (Å²) < 4.78 is 46.6. The van der Waals surface area contributed by atoms with Crippen LogP contribution in [0.4, 0.5) is 13.2 Å². The van der Waals surface area contributed by atoms with Gasteiger partial charge in [-0.25, -0.2) is 0 Å². The largest absolute Gasteiger partial charge is 0.435 e. The quantitative estimate of drug-likeness (QED) is 0.368. The van der Waals surface area contributed by atoms with Gasteiger partial charge in [0.1, 0.15) is 6.10 Å². The third-order valence-electron chi connectivity index (χ3n) is 4.96. The maximum atomic E-state index is 13.2. The average Bonchev–Trinajstić information content (AvgIpc) is 3.04. The molecule has 2 aromatic rings. The minimum Gasteiger partial charge on any atom is -0.370 e. The first-order chi connectivity index (χ1) is 13.7. The molecule has 0 radical (unpaired) electrons. The van der Waals surface area contributed by atoms with Gasteiger partial charge in [-0.1, -0.05) is 23.8 Å². The highest BCUT2D eigenvalue weighted by Crippen LogP contribution is 2.30. The molecule has 0 bridgehead atoms. The molecule has 2 heterocycles. The van der Waals surface area contributed by atoms with Crippen LogP contribution in [-0.4, -0.2) is 47.4 Å². The van der Waals surface area contributed by atoms with Gasteiger partial charge >= 0.3 is 6.18 Å². The Kier molecular flexibility index (Phi) is 8.14. The summed E-state index contributed by atoms with van der Waals surface area (Å²) in [5.74, 6) is 0.542. The summed E-state index contributed by atoms with van der Waals surface area (Å²) in [6, 6.07) is 6.24. The number of guanidine groups is 1. The fraction of sp³-hybridized carbons (Fsp3) is 0.500. The Bertz CT molecular complexity index is 897. The number of benzene rings is 1. The molecule has 10 heteroatoms. The number of ether oxygens (including phenoxy) is 1. The average molecular weight is 537 g/mol. The molecule has 0 amide bonds. The zero-order valence-corrected chi connectivity index (χ0v) is 19.8. The molecular formula is C20H27F3IN5O. The Labute approximate surface area is 191 Å². The number of halogens is 4. The number of nitrogens with zero attached hydrogens (tertiary/aromatic N) is 4. The number of hydrogen-bond donors (Lipinski definition) is 1. The van der Waals surface area contributed by atoms with Crippen molar-refractivity contribution in [2.45, 2.75) is 32.7 Å². The summed E-state index contributed by atoms with van der Waals surface area (Å²) in [4.78, 5) is 6.27. The van der Waals surface area contributed by atoms with E-state index < -0.39 is 11.9 Å². The highest BCUT2D eigenvalue weighted by Gasteiger charge is 2.37. The molecule has 1 aliphatic heterocycles. The van der Waals surface area contributed by atoms with E-state index in [0.717, 1.165) is 11.1 Å². The van der Waals surface area contributed by atoms with Gasteiger partial charge in [0.05, 0.1) is 13.2 Å². The van der Waals surface area contributed by atoms with Crippen LogP contribution in [0.3, 0.4) is 0 Å². The lowest BCUT2D eigenvalue weighted by Gasteiger charge is -2.35. The smallest absolute Gasteiger partial charge is 0.370 e. The molecule has 1 aromatic heterocycles. The van der Waals surface area contributed by atoms with Crippen molar-refractivity contribution in [2.75, 3.05) is 26.7 Å². The summed E-state index contributed by atoms with van der Waals surface area (Å²) in [6.45, 7) is 5.78. The van der Waals surface area contributed by atoms with Crippen LogP contribution in [0.1, 0.15) is 34.1 Å². The van der Waals surface area contributed by atoms with Crippen molar-refractivity contribution in [3.8, 4) is 0 Å². The monoisotopic (exact) mass is 537 g/mol. The Morgan fingerprint density at radius 2 is 2.07 bits per heavy atom. The second kappa shape index (κ2) is 9.99. The lowest BCUT2D eigenvalue weighted by molar-refractivity contribution is -0.142. The maximum Gasteiger partial charge on any atom is 0.435 e. The summed E-state index contributed by atoms with van der Waals surface area (Å²) in [5, 5.41) is 6.59. The Hall–Kier alpha value is -1.82. The van der Waals surface area contributed by atoms with Crippen LogP contribution in [-0.2, 0) is 24.5 Å². The molecular weight excluding hydrogens is 510 g/mol. The summed E-state index contributed by atoms with van der Waals surface area (Å²) in [6.07, 6.45) is -3.23. The molecule has 1 aromatic carbocycles. The molecule has 1 aliphatic rings. The maximum absolute atomic E-state index is 13.2. The van der Waals surface area contributed by atoms with Crippen molar-refractivity contribution >= 4 is 29.9 Å². The SMILES string of the molecule is CN=C(NCc1cn(C)nc1C(F)(F)F)N1CCOC(c2ccc(C)cc2C)C1.I. The number of morpholine rings is 1. The van der Waals surface area contributed by atoms with Crippen molar-refractivity contribution in [1.29, 1.82) is 0 Å². The standard InChI is InChI=1S/C20H26F3N5O.HI/c1-13-5-6-16(14(2)9-13)17-12-28(7-8-29-17)19(24-3)25-10-15-11-27(4)26-18(15)20(21,22)23;/h5-6,9,11,17H,7-8,10,12H2,1-4H3,(H,24,25);1H. The number of aromatic nitrogens is 2. The van der Waals surface area contributed by atoms with E-state index in [-0.39, 0.29) is 42.2 Å². The van der Waals surface area contributed by atoms with E-state index in [4.69, 9.17) is 4.74 Å². The molecule has 1 fully saturated rings. The number of hydrogen-bond acceptors (Lipinski definition) is 3. The number of rotatable bonds is 3. The number of alkyl halides is 3. The minimum absolute atomic E-state index is 0. The molecule has 1 unspecified atom stereocenters. The fourth-order valence-corrected chi connectivity index (χ4v) is 3.63. The molecule has 0 spiro atoms. The van der Waals surface area contributed by atoms with Crippen molar-refractivity contribution in [2.24, 2.45) is 12.0 Å². The lowest BCUT2D eigenvalue weighted by atomic mass is 10.00. The van der Waals surface area contributed by atoms with E-state index in [9.17, 15) is 13.2 Å². The van der Waals surface area contributed by atoms with E-state index in [2.05, 4.69) is 40.5 Å². The van der Waals surface area contributed by atoms with Gasteiger partial charge in [0.25, 0.3) is 0 Å². The normalized spacial score (nSPS) is 17.6. The lowest BCUT2D eigenvalue weighted by Crippen LogP contribution is -2.48. The zero-order valence-electron chi connectivity index (χ0n) is 17.5. The van der Waals surface area contributed by atoms with Crippen LogP contribution >= 0.6 is 24.0 Å². The first-order valence-corrected chi connectivity index (χ1v) is 9.43. The van der Waals surface area contributed by atoms with Gasteiger partial charge in [0.2, 0.25) is 0 Å². The minimum atomic E-state index is -4.49. The van der Waals surface area contributed by atoms with Crippen molar-refractivity contribution in [3.63, 3.8) is 0 Å². The second-order valence-corrected chi connectivity index (χ2v) is 7.24. The van der Waals surface area contributed by atoms with E-state index in [1.165, 1.54) is 23.5 Å². The third kappa shape index (κ3) is 5.65. The van der Waals surface area contributed by atoms with Crippen LogP contribution in [0.2, 0.25) is 0 Å². The van der Waals surface area contributed by atoms with E-state index in [1.54, 1.807) is 7.05 Å². The highest BCUT2D eigenvalue weighted by molar-refractivity contribution is 14.0.